The van der Waals surface area contributed by atoms with Crippen LogP contribution in [0, 0.1) is 6.92 Å². The molecule has 2 heterocycles. The maximum Gasteiger partial charge on any atom is 0.288 e. The van der Waals surface area contributed by atoms with Gasteiger partial charge >= 0.3 is 0 Å². The molecule has 1 aliphatic rings. The smallest absolute Gasteiger partial charge is 0.288 e. The van der Waals surface area contributed by atoms with Gasteiger partial charge in [0.2, 0.25) is 5.76 Å². The standard InChI is InChI=1S/C19H14ClNO3S/c1-9-7-14-12(8-13(9)20)17(22)15-16(21-19(23)18(15)24-14)10-3-5-11(25-2)6-4-10/h3-8,16H,1-2H3,(H,21,23). The zero-order valence-corrected chi connectivity index (χ0v) is 15.1. The number of nitrogens with one attached hydrogen (secondary N) is 1. The molecule has 0 aliphatic carbocycles. The van der Waals surface area contributed by atoms with Gasteiger partial charge in [-0.2, -0.15) is 0 Å². The van der Waals surface area contributed by atoms with E-state index in [1.807, 2.05) is 37.4 Å². The van der Waals surface area contributed by atoms with E-state index in [0.717, 1.165) is 16.0 Å². The number of hydrogen-bond donors (Lipinski definition) is 1. The molecule has 6 heteroatoms. The molecule has 126 valence electrons. The Bertz CT molecular complexity index is 1070. The Morgan fingerprint density at radius 2 is 1.88 bits per heavy atom. The van der Waals surface area contributed by atoms with Crippen molar-refractivity contribution in [2.45, 2.75) is 17.9 Å². The Hall–Kier alpha value is -2.24. The van der Waals surface area contributed by atoms with Crippen LogP contribution in [0.15, 0.2) is 50.5 Å². The van der Waals surface area contributed by atoms with Crippen LogP contribution in [0.3, 0.4) is 0 Å². The first-order chi connectivity index (χ1) is 12.0. The van der Waals surface area contributed by atoms with Gasteiger partial charge in [0, 0.05) is 9.92 Å². The summed E-state index contributed by atoms with van der Waals surface area (Å²) in [6.45, 7) is 1.82. The van der Waals surface area contributed by atoms with Gasteiger partial charge in [0.25, 0.3) is 5.91 Å². The van der Waals surface area contributed by atoms with Gasteiger partial charge in [-0.3, -0.25) is 9.59 Å². The lowest BCUT2D eigenvalue weighted by Gasteiger charge is -2.12. The lowest BCUT2D eigenvalue weighted by Crippen LogP contribution is -2.21. The van der Waals surface area contributed by atoms with E-state index in [4.69, 9.17) is 16.0 Å². The average molecular weight is 372 g/mol. The number of amides is 1. The zero-order valence-electron chi connectivity index (χ0n) is 13.6. The lowest BCUT2D eigenvalue weighted by molar-refractivity contribution is 0.0938. The molecule has 3 aromatic rings. The maximum absolute atomic E-state index is 13.0. The summed E-state index contributed by atoms with van der Waals surface area (Å²) in [7, 11) is 0. The summed E-state index contributed by atoms with van der Waals surface area (Å²) >= 11 is 7.79. The summed E-state index contributed by atoms with van der Waals surface area (Å²) in [5.74, 6) is -0.293. The van der Waals surface area contributed by atoms with Crippen molar-refractivity contribution in [3.8, 4) is 0 Å². The molecule has 1 atom stereocenters. The highest BCUT2D eigenvalue weighted by Crippen LogP contribution is 2.32. The van der Waals surface area contributed by atoms with Crippen LogP contribution in [0.2, 0.25) is 5.02 Å². The van der Waals surface area contributed by atoms with E-state index in [9.17, 15) is 9.59 Å². The van der Waals surface area contributed by atoms with Crippen LogP contribution < -0.4 is 10.7 Å². The van der Waals surface area contributed by atoms with Gasteiger partial charge in [-0.05, 0) is 48.6 Å². The van der Waals surface area contributed by atoms with Gasteiger partial charge in [0.05, 0.1) is 17.0 Å². The van der Waals surface area contributed by atoms with E-state index in [1.54, 1.807) is 23.9 Å². The number of halogens is 1. The molecule has 0 spiro atoms. The minimum absolute atomic E-state index is 0.0816. The van der Waals surface area contributed by atoms with Gasteiger partial charge in [-0.1, -0.05) is 23.7 Å². The van der Waals surface area contributed by atoms with Crippen molar-refractivity contribution in [1.29, 1.82) is 0 Å². The maximum atomic E-state index is 13.0. The Morgan fingerprint density at radius 1 is 1.16 bits per heavy atom. The van der Waals surface area contributed by atoms with Crippen LogP contribution in [0.25, 0.3) is 11.0 Å². The number of carbonyl (C=O) groups excluding carboxylic acids is 1. The molecule has 1 aromatic heterocycles. The zero-order chi connectivity index (χ0) is 17.7. The fourth-order valence-corrected chi connectivity index (χ4v) is 3.65. The molecule has 4 rings (SSSR count). The second kappa shape index (κ2) is 5.93. The van der Waals surface area contributed by atoms with E-state index in [1.165, 1.54) is 0 Å². The molecule has 1 N–H and O–H groups in total. The van der Waals surface area contributed by atoms with E-state index < -0.39 is 6.04 Å². The summed E-state index contributed by atoms with van der Waals surface area (Å²) in [5.41, 5.74) is 2.12. The molecule has 1 aliphatic heterocycles. The third kappa shape index (κ3) is 2.55. The van der Waals surface area contributed by atoms with Crippen molar-refractivity contribution in [2.75, 3.05) is 6.26 Å². The Labute approximate surface area is 153 Å². The second-order valence-corrected chi connectivity index (χ2v) is 7.24. The van der Waals surface area contributed by atoms with E-state index in [2.05, 4.69) is 5.32 Å². The van der Waals surface area contributed by atoms with Gasteiger partial charge in [0.15, 0.2) is 5.43 Å². The average Bonchev–Trinajstić information content (AvgIpc) is 2.94. The molecule has 4 nitrogen and oxygen atoms in total. The minimum atomic E-state index is -0.515. The van der Waals surface area contributed by atoms with Gasteiger partial charge < -0.3 is 9.73 Å². The number of benzene rings is 2. The summed E-state index contributed by atoms with van der Waals surface area (Å²) in [6, 6.07) is 10.5. The SMILES string of the molecule is CSc1ccc(C2NC(=O)c3oc4cc(C)c(Cl)cc4c(=O)c32)cc1. The van der Waals surface area contributed by atoms with Crippen molar-refractivity contribution in [3.63, 3.8) is 0 Å². The number of thioether (sulfide) groups is 1. The molecule has 0 radical (unpaired) electrons. The highest BCUT2D eigenvalue weighted by atomic mass is 35.5. The minimum Gasteiger partial charge on any atom is -0.450 e. The van der Waals surface area contributed by atoms with Crippen molar-refractivity contribution in [1.82, 2.24) is 5.32 Å². The number of carbonyl (C=O) groups is 1. The van der Waals surface area contributed by atoms with Crippen LogP contribution in [-0.4, -0.2) is 12.2 Å². The highest BCUT2D eigenvalue weighted by Gasteiger charge is 2.35. The number of rotatable bonds is 2. The van der Waals surface area contributed by atoms with E-state index >= 15 is 0 Å². The van der Waals surface area contributed by atoms with Crippen molar-refractivity contribution in [2.24, 2.45) is 0 Å². The fourth-order valence-electron chi connectivity index (χ4n) is 3.08. The number of hydrogen-bond acceptors (Lipinski definition) is 4. The summed E-state index contributed by atoms with van der Waals surface area (Å²) in [5, 5.41) is 3.73. The Balaban J connectivity index is 1.94. The van der Waals surface area contributed by atoms with Gasteiger partial charge in [0.1, 0.15) is 5.58 Å². The Morgan fingerprint density at radius 3 is 2.56 bits per heavy atom. The van der Waals surface area contributed by atoms with Crippen molar-refractivity contribution in [3.05, 3.63) is 74.1 Å². The number of fused-ring (bicyclic) bond motifs is 2. The molecule has 0 fully saturated rings. The van der Waals surface area contributed by atoms with Gasteiger partial charge in [-0.15, -0.1) is 11.8 Å². The summed E-state index contributed by atoms with van der Waals surface area (Å²) in [6.07, 6.45) is 1.99. The molecule has 25 heavy (non-hydrogen) atoms. The lowest BCUT2D eigenvalue weighted by atomic mass is 9.99. The molecular weight excluding hydrogens is 358 g/mol. The first kappa shape index (κ1) is 16.2. The second-order valence-electron chi connectivity index (χ2n) is 5.95. The summed E-state index contributed by atoms with van der Waals surface area (Å²) in [4.78, 5) is 26.5. The monoisotopic (exact) mass is 371 g/mol. The molecule has 1 unspecified atom stereocenters. The van der Waals surface area contributed by atoms with Crippen LogP contribution in [0.4, 0.5) is 0 Å². The van der Waals surface area contributed by atoms with Crippen LogP contribution >= 0.6 is 23.4 Å². The highest BCUT2D eigenvalue weighted by molar-refractivity contribution is 7.98. The van der Waals surface area contributed by atoms with E-state index in [-0.39, 0.29) is 17.1 Å². The van der Waals surface area contributed by atoms with Crippen molar-refractivity contribution >= 4 is 40.2 Å². The third-order valence-corrected chi connectivity index (χ3v) is 5.58. The predicted octanol–water partition coefficient (Wildman–Crippen LogP) is 4.31. The topological polar surface area (TPSA) is 59.3 Å². The van der Waals surface area contributed by atoms with Crippen LogP contribution in [0.1, 0.15) is 33.3 Å². The molecule has 0 saturated heterocycles. The van der Waals surface area contributed by atoms with E-state index in [0.29, 0.717) is 21.6 Å². The van der Waals surface area contributed by atoms with Crippen LogP contribution in [-0.2, 0) is 0 Å². The molecule has 1 amide bonds. The fraction of sp³-hybridized carbons (Fsp3) is 0.158. The molecule has 2 aromatic carbocycles. The largest absolute Gasteiger partial charge is 0.450 e. The van der Waals surface area contributed by atoms with Crippen molar-refractivity contribution < 1.29 is 9.21 Å². The molecule has 0 bridgehead atoms. The molecular formula is C19H14ClNO3S. The quantitative estimate of drug-likeness (QED) is 0.682. The first-order valence-corrected chi connectivity index (χ1v) is 9.31. The normalized spacial score (nSPS) is 16.1. The first-order valence-electron chi connectivity index (χ1n) is 7.71. The van der Waals surface area contributed by atoms with Crippen LogP contribution in [0.5, 0.6) is 0 Å². The Kier molecular flexibility index (Phi) is 3.85. The van der Waals surface area contributed by atoms with Gasteiger partial charge in [-0.25, -0.2) is 0 Å². The third-order valence-electron chi connectivity index (χ3n) is 4.43. The predicted molar refractivity (Wildman–Crippen MR) is 99.8 cm³/mol. The molecule has 0 saturated carbocycles. The number of aryl methyl sites for hydroxylation is 1. The summed E-state index contributed by atoms with van der Waals surface area (Å²) < 4.78 is 5.75.